The zero-order chi connectivity index (χ0) is 7.40. The van der Waals surface area contributed by atoms with Crippen molar-refractivity contribution >= 4 is 5.82 Å². The lowest BCUT2D eigenvalue weighted by atomic mass is 10.5. The average molecular weight is 139 g/mol. The van der Waals surface area contributed by atoms with E-state index in [2.05, 4.69) is 10.3 Å². The van der Waals surface area contributed by atoms with E-state index < -0.39 is 0 Å². The van der Waals surface area contributed by atoms with Crippen LogP contribution < -0.4 is 0 Å². The third kappa shape index (κ3) is 1.19. The van der Waals surface area contributed by atoms with E-state index in [0.29, 0.717) is 0 Å². The highest BCUT2D eigenvalue weighted by molar-refractivity contribution is 5.15. The SMILES string of the molecule is [O-][N+](=NO)c1ccccn1. The third-order valence-corrected chi connectivity index (χ3v) is 0.927. The summed E-state index contributed by atoms with van der Waals surface area (Å²) >= 11 is 0. The fourth-order valence-corrected chi connectivity index (χ4v) is 0.513. The molecular formula is C5H5N3O2. The third-order valence-electron chi connectivity index (χ3n) is 0.927. The molecule has 0 fully saturated rings. The second-order valence-electron chi connectivity index (χ2n) is 1.55. The molecule has 0 radical (unpaired) electrons. The lowest BCUT2D eigenvalue weighted by Crippen LogP contribution is -1.92. The van der Waals surface area contributed by atoms with Crippen molar-refractivity contribution in [3.8, 4) is 0 Å². The van der Waals surface area contributed by atoms with Crippen molar-refractivity contribution < 1.29 is 10.1 Å². The van der Waals surface area contributed by atoms with Crippen LogP contribution in [0.15, 0.2) is 29.7 Å². The summed E-state index contributed by atoms with van der Waals surface area (Å²) in [4.78, 5) is 3.64. The molecule has 1 heterocycles. The molecule has 0 aromatic carbocycles. The largest absolute Gasteiger partial charge is 0.688 e. The summed E-state index contributed by atoms with van der Waals surface area (Å²) in [6.07, 6.45) is 1.44. The van der Waals surface area contributed by atoms with Crippen LogP contribution in [0.5, 0.6) is 0 Å². The summed E-state index contributed by atoms with van der Waals surface area (Å²) in [5, 5.41) is 20.8. The Bertz CT molecular complexity index is 234. The maximum Gasteiger partial charge on any atom is 0.349 e. The van der Waals surface area contributed by atoms with Crippen LogP contribution in [0.2, 0.25) is 0 Å². The van der Waals surface area contributed by atoms with Crippen LogP contribution in [-0.4, -0.2) is 15.1 Å². The number of pyridine rings is 1. The highest BCUT2D eigenvalue weighted by Gasteiger charge is 1.99. The van der Waals surface area contributed by atoms with Crippen molar-refractivity contribution in [1.29, 1.82) is 0 Å². The summed E-state index contributed by atoms with van der Waals surface area (Å²) in [5.41, 5.74) is 0. The highest BCUT2D eigenvalue weighted by atomic mass is 16.6. The topological polar surface area (TPSA) is 71.5 Å². The van der Waals surface area contributed by atoms with Crippen LogP contribution >= 0.6 is 0 Å². The molecule has 0 spiro atoms. The molecule has 0 atom stereocenters. The minimum absolute atomic E-state index is 0.0278. The Kier molecular flexibility index (Phi) is 1.79. The molecule has 10 heavy (non-hydrogen) atoms. The quantitative estimate of drug-likeness (QED) is 0.359. The Hall–Kier alpha value is -1.65. The Balaban J connectivity index is 2.96. The predicted octanol–water partition coefficient (Wildman–Crippen LogP) is 1.06. The molecular weight excluding hydrogens is 134 g/mol. The number of aromatic nitrogens is 1. The molecule has 5 nitrogen and oxygen atoms in total. The van der Waals surface area contributed by atoms with E-state index in [1.807, 2.05) is 0 Å². The van der Waals surface area contributed by atoms with E-state index in [1.165, 1.54) is 12.3 Å². The summed E-state index contributed by atoms with van der Waals surface area (Å²) in [6, 6.07) is 4.72. The number of rotatable bonds is 1. The molecule has 5 heteroatoms. The van der Waals surface area contributed by atoms with Crippen LogP contribution in [-0.2, 0) is 0 Å². The Morgan fingerprint density at radius 1 is 1.60 bits per heavy atom. The molecule has 1 N–H and O–H groups in total. The first-order chi connectivity index (χ1) is 4.84. The molecule has 1 aromatic rings. The zero-order valence-electron chi connectivity index (χ0n) is 5.01. The Morgan fingerprint density at radius 3 is 2.90 bits per heavy atom. The van der Waals surface area contributed by atoms with E-state index in [-0.39, 0.29) is 10.7 Å². The van der Waals surface area contributed by atoms with Crippen LogP contribution in [0.25, 0.3) is 0 Å². The van der Waals surface area contributed by atoms with E-state index >= 15 is 0 Å². The Morgan fingerprint density at radius 2 is 2.40 bits per heavy atom. The highest BCUT2D eigenvalue weighted by Crippen LogP contribution is 2.03. The van der Waals surface area contributed by atoms with E-state index in [0.717, 1.165) is 0 Å². The fraction of sp³-hybridized carbons (Fsp3) is 0. The fourth-order valence-electron chi connectivity index (χ4n) is 0.513. The van der Waals surface area contributed by atoms with Gasteiger partial charge in [0.25, 0.3) is 0 Å². The van der Waals surface area contributed by atoms with Crippen molar-refractivity contribution in [2.24, 2.45) is 5.28 Å². The molecule has 1 aromatic heterocycles. The zero-order valence-corrected chi connectivity index (χ0v) is 5.01. The molecule has 0 saturated carbocycles. The lowest BCUT2D eigenvalue weighted by molar-refractivity contribution is -0.477. The van der Waals surface area contributed by atoms with Gasteiger partial charge in [0.2, 0.25) is 0 Å². The number of hydrogen-bond donors (Lipinski definition) is 1. The first-order valence-corrected chi connectivity index (χ1v) is 2.58. The minimum atomic E-state index is 0.0278. The molecule has 0 saturated heterocycles. The normalized spacial score (nSPS) is 11.4. The Labute approximate surface area is 56.8 Å². The first-order valence-electron chi connectivity index (χ1n) is 2.58. The maximum atomic E-state index is 10.5. The summed E-state index contributed by atoms with van der Waals surface area (Å²) in [5.74, 6) is 0.0602. The van der Waals surface area contributed by atoms with E-state index in [4.69, 9.17) is 5.21 Å². The average Bonchev–Trinajstić information content (AvgIpc) is 2.05. The van der Waals surface area contributed by atoms with Crippen molar-refractivity contribution in [2.75, 3.05) is 0 Å². The van der Waals surface area contributed by atoms with E-state index in [9.17, 15) is 5.21 Å². The predicted molar refractivity (Wildman–Crippen MR) is 31.7 cm³/mol. The standard InChI is InChI=1S/C5H5N3O2/c9-7-8(10)5-3-1-2-4-6-5/h1-4,9H. The summed E-state index contributed by atoms with van der Waals surface area (Å²) < 4.78 is 0. The van der Waals surface area contributed by atoms with Crippen molar-refractivity contribution in [3.05, 3.63) is 29.6 Å². The summed E-state index contributed by atoms with van der Waals surface area (Å²) in [7, 11) is 0. The second kappa shape index (κ2) is 2.77. The van der Waals surface area contributed by atoms with Crippen LogP contribution in [0, 0.1) is 5.21 Å². The molecule has 0 aliphatic rings. The van der Waals surface area contributed by atoms with Crippen molar-refractivity contribution in [1.82, 2.24) is 4.98 Å². The van der Waals surface area contributed by atoms with Gasteiger partial charge in [-0.3, -0.25) is 0 Å². The molecule has 52 valence electrons. The monoisotopic (exact) mass is 139 g/mol. The first kappa shape index (κ1) is 6.47. The number of nitrogens with zero attached hydrogens (tertiary/aromatic N) is 3. The summed E-state index contributed by atoms with van der Waals surface area (Å²) in [6.45, 7) is 0. The van der Waals surface area contributed by atoms with Gasteiger partial charge < -0.3 is 10.4 Å². The van der Waals surface area contributed by atoms with Gasteiger partial charge >= 0.3 is 5.82 Å². The lowest BCUT2D eigenvalue weighted by Gasteiger charge is -1.96. The van der Waals surface area contributed by atoms with Gasteiger partial charge in [-0.15, -0.1) is 0 Å². The van der Waals surface area contributed by atoms with Gasteiger partial charge in [0.15, 0.2) is 0 Å². The van der Waals surface area contributed by atoms with Gasteiger partial charge in [0.05, 0.1) is 0 Å². The van der Waals surface area contributed by atoms with Crippen LogP contribution in [0.1, 0.15) is 0 Å². The van der Waals surface area contributed by atoms with Gasteiger partial charge in [0, 0.05) is 6.07 Å². The van der Waals surface area contributed by atoms with Crippen molar-refractivity contribution in [2.45, 2.75) is 0 Å². The van der Waals surface area contributed by atoms with E-state index in [1.54, 1.807) is 12.1 Å². The van der Waals surface area contributed by atoms with Gasteiger partial charge in [-0.2, -0.15) is 0 Å². The molecule has 0 aliphatic carbocycles. The second-order valence-corrected chi connectivity index (χ2v) is 1.55. The van der Waals surface area contributed by atoms with Gasteiger partial charge in [0.1, 0.15) is 11.5 Å². The molecule has 0 amide bonds. The molecule has 0 unspecified atom stereocenters. The van der Waals surface area contributed by atoms with Gasteiger partial charge in [-0.05, 0) is 11.1 Å². The van der Waals surface area contributed by atoms with Gasteiger partial charge in [-0.25, -0.2) is 0 Å². The van der Waals surface area contributed by atoms with Crippen LogP contribution in [0.3, 0.4) is 0 Å². The maximum absolute atomic E-state index is 10.5. The number of hydrogen-bond acceptors (Lipinski definition) is 3. The van der Waals surface area contributed by atoms with Crippen LogP contribution in [0.4, 0.5) is 5.82 Å². The van der Waals surface area contributed by atoms with Gasteiger partial charge in [-0.1, -0.05) is 10.9 Å². The molecule has 0 aliphatic heterocycles. The minimum Gasteiger partial charge on any atom is -0.688 e. The van der Waals surface area contributed by atoms with Crippen molar-refractivity contribution in [3.63, 3.8) is 0 Å². The smallest absolute Gasteiger partial charge is 0.349 e. The molecule has 1 rings (SSSR count). The molecule has 0 bridgehead atoms.